The van der Waals surface area contributed by atoms with Gasteiger partial charge in [0.05, 0.1) is 12.7 Å². The highest BCUT2D eigenvalue weighted by Gasteiger charge is 2.30. The van der Waals surface area contributed by atoms with Crippen molar-refractivity contribution in [1.82, 2.24) is 0 Å². The lowest BCUT2D eigenvalue weighted by atomic mass is 9.71. The van der Waals surface area contributed by atoms with Crippen LogP contribution < -0.4 is 0 Å². The summed E-state index contributed by atoms with van der Waals surface area (Å²) in [6.45, 7) is 10.6. The molecule has 0 aromatic rings. The molecule has 1 rings (SSSR count). The van der Waals surface area contributed by atoms with Gasteiger partial charge in [-0.2, -0.15) is 0 Å². The molecule has 22 heavy (non-hydrogen) atoms. The van der Waals surface area contributed by atoms with Crippen molar-refractivity contribution in [3.8, 4) is 0 Å². The Labute approximate surface area is 135 Å². The van der Waals surface area contributed by atoms with Crippen molar-refractivity contribution in [1.29, 1.82) is 0 Å². The Kier molecular flexibility index (Phi) is 7.05. The molecule has 0 radical (unpaired) electrons. The second kappa shape index (κ2) is 8.30. The number of aliphatic hydroxyl groups is 2. The SMILES string of the molecule is CC(C=CC1=C(C)[C@H](O)CCC1(C)C)=CC=CC(C)=CCO. The van der Waals surface area contributed by atoms with Gasteiger partial charge < -0.3 is 10.2 Å². The number of hydrogen-bond donors (Lipinski definition) is 2. The maximum Gasteiger partial charge on any atom is 0.0753 e. The van der Waals surface area contributed by atoms with E-state index in [-0.39, 0.29) is 18.1 Å². The van der Waals surface area contributed by atoms with Crippen molar-refractivity contribution in [3.05, 3.63) is 58.7 Å². The number of rotatable bonds is 5. The molecular formula is C20H30O2. The van der Waals surface area contributed by atoms with Gasteiger partial charge >= 0.3 is 0 Å². The van der Waals surface area contributed by atoms with Crippen molar-refractivity contribution < 1.29 is 10.2 Å². The molecule has 0 saturated heterocycles. The molecule has 1 aliphatic rings. The minimum Gasteiger partial charge on any atom is -0.392 e. The van der Waals surface area contributed by atoms with Gasteiger partial charge in [-0.1, -0.05) is 61.4 Å². The van der Waals surface area contributed by atoms with E-state index in [0.29, 0.717) is 0 Å². The van der Waals surface area contributed by atoms with E-state index in [2.05, 4.69) is 32.9 Å². The maximum absolute atomic E-state index is 10.1. The molecule has 0 aromatic heterocycles. The van der Waals surface area contributed by atoms with E-state index in [0.717, 1.165) is 29.6 Å². The molecule has 122 valence electrons. The zero-order chi connectivity index (χ0) is 16.8. The minimum absolute atomic E-state index is 0.0730. The van der Waals surface area contributed by atoms with Crippen molar-refractivity contribution in [2.75, 3.05) is 6.61 Å². The van der Waals surface area contributed by atoms with Gasteiger partial charge in [0.2, 0.25) is 0 Å². The topological polar surface area (TPSA) is 40.5 Å². The number of aliphatic hydroxyl groups excluding tert-OH is 2. The Morgan fingerprint density at radius 2 is 1.91 bits per heavy atom. The van der Waals surface area contributed by atoms with Gasteiger partial charge in [-0.15, -0.1) is 0 Å². The summed E-state index contributed by atoms with van der Waals surface area (Å²) >= 11 is 0. The highest BCUT2D eigenvalue weighted by molar-refractivity contribution is 5.38. The molecule has 0 fully saturated rings. The molecule has 0 aliphatic heterocycles. The third kappa shape index (κ3) is 5.43. The predicted octanol–water partition coefficient (Wildman–Crippen LogP) is 4.48. The molecule has 0 bridgehead atoms. The van der Waals surface area contributed by atoms with E-state index in [1.54, 1.807) is 6.08 Å². The summed E-state index contributed by atoms with van der Waals surface area (Å²) in [5.74, 6) is 0. The van der Waals surface area contributed by atoms with Crippen molar-refractivity contribution in [2.24, 2.45) is 5.41 Å². The zero-order valence-electron chi connectivity index (χ0n) is 14.6. The second-order valence-electron chi connectivity index (χ2n) is 6.77. The van der Waals surface area contributed by atoms with Gasteiger partial charge in [0.1, 0.15) is 0 Å². The minimum atomic E-state index is -0.303. The van der Waals surface area contributed by atoms with Crippen LogP contribution in [0, 0.1) is 5.41 Å². The number of allylic oxidation sites excluding steroid dienone is 8. The smallest absolute Gasteiger partial charge is 0.0753 e. The fourth-order valence-corrected chi connectivity index (χ4v) is 2.75. The predicted molar refractivity (Wildman–Crippen MR) is 94.6 cm³/mol. The molecule has 2 nitrogen and oxygen atoms in total. The van der Waals surface area contributed by atoms with E-state index >= 15 is 0 Å². The van der Waals surface area contributed by atoms with Crippen LogP contribution in [0.2, 0.25) is 0 Å². The van der Waals surface area contributed by atoms with Crippen molar-refractivity contribution in [2.45, 2.75) is 53.6 Å². The van der Waals surface area contributed by atoms with Gasteiger partial charge in [0.25, 0.3) is 0 Å². The third-order valence-electron chi connectivity index (χ3n) is 4.34. The van der Waals surface area contributed by atoms with Crippen LogP contribution in [0.15, 0.2) is 58.7 Å². The van der Waals surface area contributed by atoms with Crippen LogP contribution in [0.4, 0.5) is 0 Å². The van der Waals surface area contributed by atoms with E-state index in [9.17, 15) is 5.11 Å². The van der Waals surface area contributed by atoms with Crippen LogP contribution in [0.1, 0.15) is 47.5 Å². The summed E-state index contributed by atoms with van der Waals surface area (Å²) in [4.78, 5) is 0. The Balaban J connectivity index is 2.86. The largest absolute Gasteiger partial charge is 0.392 e. The highest BCUT2D eigenvalue weighted by atomic mass is 16.3. The van der Waals surface area contributed by atoms with Crippen LogP contribution in [0.3, 0.4) is 0 Å². The first-order valence-electron chi connectivity index (χ1n) is 7.98. The van der Waals surface area contributed by atoms with E-state index < -0.39 is 0 Å². The van der Waals surface area contributed by atoms with Crippen LogP contribution in [0.25, 0.3) is 0 Å². The first-order valence-corrected chi connectivity index (χ1v) is 7.98. The van der Waals surface area contributed by atoms with E-state index in [1.807, 2.05) is 32.1 Å². The lowest BCUT2D eigenvalue weighted by Gasteiger charge is -2.35. The Bertz CT molecular complexity index is 528. The molecule has 0 aromatic carbocycles. The average Bonchev–Trinajstić information content (AvgIpc) is 2.43. The monoisotopic (exact) mass is 302 g/mol. The number of hydrogen-bond acceptors (Lipinski definition) is 2. The summed E-state index contributed by atoms with van der Waals surface area (Å²) in [6, 6.07) is 0. The Morgan fingerprint density at radius 1 is 1.23 bits per heavy atom. The molecule has 2 heteroatoms. The first-order chi connectivity index (χ1) is 10.3. The van der Waals surface area contributed by atoms with Gasteiger partial charge in [-0.25, -0.2) is 0 Å². The van der Waals surface area contributed by atoms with Crippen molar-refractivity contribution in [3.63, 3.8) is 0 Å². The summed E-state index contributed by atoms with van der Waals surface area (Å²) in [5, 5.41) is 18.9. The van der Waals surface area contributed by atoms with Crippen LogP contribution in [-0.2, 0) is 0 Å². The molecule has 0 amide bonds. The summed E-state index contributed by atoms with van der Waals surface area (Å²) in [6.07, 6.45) is 13.6. The third-order valence-corrected chi connectivity index (χ3v) is 4.34. The molecular weight excluding hydrogens is 272 g/mol. The normalized spacial score (nSPS) is 23.9. The summed E-state index contributed by atoms with van der Waals surface area (Å²) in [7, 11) is 0. The lowest BCUT2D eigenvalue weighted by Crippen LogP contribution is -2.27. The molecule has 0 heterocycles. The van der Waals surface area contributed by atoms with Crippen molar-refractivity contribution >= 4 is 0 Å². The molecule has 0 saturated carbocycles. The molecule has 1 atom stereocenters. The fraction of sp³-hybridized carbons (Fsp3) is 0.500. The average molecular weight is 302 g/mol. The molecule has 0 unspecified atom stereocenters. The standard InChI is InChI=1S/C20H30O2/c1-15(7-6-8-16(2)12-14-21)9-10-18-17(3)19(22)11-13-20(18,4)5/h6-10,12,19,21-22H,11,13-14H2,1-5H3/t19-/m1/s1. The first kappa shape index (κ1) is 18.7. The molecule has 2 N–H and O–H groups in total. The Hall–Kier alpha value is -1.38. The fourth-order valence-electron chi connectivity index (χ4n) is 2.75. The van der Waals surface area contributed by atoms with Gasteiger partial charge in [0, 0.05) is 0 Å². The molecule has 1 aliphatic carbocycles. The van der Waals surface area contributed by atoms with Gasteiger partial charge in [-0.05, 0) is 50.2 Å². The maximum atomic E-state index is 10.1. The van der Waals surface area contributed by atoms with Crippen LogP contribution >= 0.6 is 0 Å². The van der Waals surface area contributed by atoms with Gasteiger partial charge in [-0.3, -0.25) is 0 Å². The summed E-state index contributed by atoms with van der Waals surface area (Å²) in [5.41, 5.74) is 4.67. The van der Waals surface area contributed by atoms with E-state index in [1.165, 1.54) is 5.57 Å². The highest BCUT2D eigenvalue weighted by Crippen LogP contribution is 2.40. The lowest BCUT2D eigenvalue weighted by molar-refractivity contribution is 0.163. The Morgan fingerprint density at radius 3 is 2.55 bits per heavy atom. The zero-order valence-corrected chi connectivity index (χ0v) is 14.6. The van der Waals surface area contributed by atoms with E-state index in [4.69, 9.17) is 5.11 Å². The summed E-state index contributed by atoms with van der Waals surface area (Å²) < 4.78 is 0. The second-order valence-corrected chi connectivity index (χ2v) is 6.77. The van der Waals surface area contributed by atoms with Crippen LogP contribution in [0.5, 0.6) is 0 Å². The quantitative estimate of drug-likeness (QED) is 0.735. The van der Waals surface area contributed by atoms with Crippen LogP contribution in [-0.4, -0.2) is 22.9 Å². The molecule has 0 spiro atoms. The van der Waals surface area contributed by atoms with Gasteiger partial charge in [0.15, 0.2) is 0 Å².